The topological polar surface area (TPSA) is 50.9 Å². The molecule has 0 aliphatic heterocycles. The number of hydrogen-bond donors (Lipinski definition) is 1. The van der Waals surface area contributed by atoms with Crippen LogP contribution in [0.5, 0.6) is 0 Å². The van der Waals surface area contributed by atoms with Gasteiger partial charge in [0.2, 0.25) is 0 Å². The van der Waals surface area contributed by atoms with Gasteiger partial charge in [-0.05, 0) is 17.5 Å². The number of aliphatic hydroxyl groups excluding tert-OH is 1. The Labute approximate surface area is 93.5 Å². The molecule has 0 radical (unpaired) electrons. The summed E-state index contributed by atoms with van der Waals surface area (Å²) in [6, 6.07) is 8.24. The number of hydrogen-bond acceptors (Lipinski definition) is 3. The first kappa shape index (κ1) is 9.54. The van der Waals surface area contributed by atoms with Crippen LogP contribution in [-0.2, 0) is 13.5 Å². The third-order valence-corrected chi connectivity index (χ3v) is 3.33. The maximum atomic E-state index is 10.3. The first-order valence-electron chi connectivity index (χ1n) is 5.38. The van der Waals surface area contributed by atoms with Gasteiger partial charge in [-0.2, -0.15) is 0 Å². The van der Waals surface area contributed by atoms with Gasteiger partial charge < -0.3 is 5.11 Å². The Balaban J connectivity index is 1.90. The van der Waals surface area contributed by atoms with E-state index in [9.17, 15) is 5.11 Å². The van der Waals surface area contributed by atoms with E-state index in [1.807, 2.05) is 12.1 Å². The number of fused-ring (bicyclic) bond motifs is 1. The Kier molecular flexibility index (Phi) is 2.04. The standard InChI is InChI=1S/C12H13N3O/c1-15-11(7-13-14-15)12(16)10-6-8-4-2-3-5-9(8)10/h2-5,7,10,12,16H,6H2,1H3. The normalized spacial score (nSPS) is 20.0. The van der Waals surface area contributed by atoms with E-state index in [0.717, 1.165) is 12.1 Å². The van der Waals surface area contributed by atoms with Gasteiger partial charge in [0.15, 0.2) is 0 Å². The monoisotopic (exact) mass is 215 g/mol. The summed E-state index contributed by atoms with van der Waals surface area (Å²) in [5, 5.41) is 17.9. The molecule has 1 aliphatic carbocycles. The van der Waals surface area contributed by atoms with E-state index < -0.39 is 6.10 Å². The molecule has 82 valence electrons. The lowest BCUT2D eigenvalue weighted by molar-refractivity contribution is 0.126. The molecule has 0 spiro atoms. The molecule has 0 fully saturated rings. The molecule has 4 nitrogen and oxygen atoms in total. The van der Waals surface area contributed by atoms with Gasteiger partial charge in [-0.3, -0.25) is 0 Å². The molecule has 1 aromatic heterocycles. The van der Waals surface area contributed by atoms with E-state index >= 15 is 0 Å². The van der Waals surface area contributed by atoms with Crippen LogP contribution in [0.15, 0.2) is 30.5 Å². The Morgan fingerprint density at radius 3 is 2.94 bits per heavy atom. The number of benzene rings is 1. The second kappa shape index (κ2) is 3.42. The average molecular weight is 215 g/mol. The average Bonchev–Trinajstić information content (AvgIpc) is 2.66. The minimum Gasteiger partial charge on any atom is -0.386 e. The minimum absolute atomic E-state index is 0.188. The van der Waals surface area contributed by atoms with Crippen molar-refractivity contribution in [1.29, 1.82) is 0 Å². The van der Waals surface area contributed by atoms with Gasteiger partial charge in [-0.1, -0.05) is 29.5 Å². The van der Waals surface area contributed by atoms with E-state index in [1.165, 1.54) is 11.1 Å². The predicted octanol–water partition coefficient (Wildman–Crippen LogP) is 1.19. The van der Waals surface area contributed by atoms with Gasteiger partial charge in [0.1, 0.15) is 6.10 Å². The molecular formula is C12H13N3O. The molecule has 0 saturated carbocycles. The van der Waals surface area contributed by atoms with Crippen molar-refractivity contribution in [3.63, 3.8) is 0 Å². The molecule has 1 aromatic carbocycles. The molecule has 2 unspecified atom stereocenters. The van der Waals surface area contributed by atoms with Gasteiger partial charge in [0.05, 0.1) is 11.9 Å². The maximum Gasteiger partial charge on any atom is 0.104 e. The lowest BCUT2D eigenvalue weighted by Crippen LogP contribution is -2.24. The first-order chi connectivity index (χ1) is 7.77. The largest absolute Gasteiger partial charge is 0.386 e. The molecule has 0 bridgehead atoms. The Hall–Kier alpha value is -1.68. The molecule has 0 saturated heterocycles. The van der Waals surface area contributed by atoms with Crippen LogP contribution in [0.2, 0.25) is 0 Å². The van der Waals surface area contributed by atoms with Crippen molar-refractivity contribution in [2.45, 2.75) is 18.4 Å². The number of aliphatic hydroxyl groups is 1. The summed E-state index contributed by atoms with van der Waals surface area (Å²) in [6.45, 7) is 0. The van der Waals surface area contributed by atoms with E-state index in [0.29, 0.717) is 0 Å². The number of nitrogens with zero attached hydrogens (tertiary/aromatic N) is 3. The van der Waals surface area contributed by atoms with Crippen LogP contribution in [0, 0.1) is 0 Å². The molecule has 3 rings (SSSR count). The summed E-state index contributed by atoms with van der Waals surface area (Å²) in [6.07, 6.45) is 2.06. The molecule has 2 aromatic rings. The van der Waals surface area contributed by atoms with Crippen LogP contribution < -0.4 is 0 Å². The molecular weight excluding hydrogens is 202 g/mol. The van der Waals surface area contributed by atoms with Crippen molar-refractivity contribution in [2.75, 3.05) is 0 Å². The number of aryl methyl sites for hydroxylation is 1. The van der Waals surface area contributed by atoms with Crippen molar-refractivity contribution < 1.29 is 5.11 Å². The Morgan fingerprint density at radius 2 is 2.25 bits per heavy atom. The number of aromatic nitrogens is 3. The molecule has 0 amide bonds. The van der Waals surface area contributed by atoms with Crippen LogP contribution in [-0.4, -0.2) is 20.1 Å². The smallest absolute Gasteiger partial charge is 0.104 e. The highest BCUT2D eigenvalue weighted by Crippen LogP contribution is 2.42. The Bertz CT molecular complexity index is 520. The zero-order valence-corrected chi connectivity index (χ0v) is 9.04. The summed E-state index contributed by atoms with van der Waals surface area (Å²) >= 11 is 0. The van der Waals surface area contributed by atoms with Crippen LogP contribution in [0.4, 0.5) is 0 Å². The maximum absolute atomic E-state index is 10.3. The molecule has 2 atom stereocenters. The molecule has 1 N–H and O–H groups in total. The fraction of sp³-hybridized carbons (Fsp3) is 0.333. The highest BCUT2D eigenvalue weighted by atomic mass is 16.3. The van der Waals surface area contributed by atoms with Gasteiger partial charge in [-0.15, -0.1) is 5.10 Å². The summed E-state index contributed by atoms with van der Waals surface area (Å²) < 4.78 is 1.63. The van der Waals surface area contributed by atoms with Gasteiger partial charge in [0, 0.05) is 13.0 Å². The molecule has 1 heterocycles. The Morgan fingerprint density at radius 1 is 1.44 bits per heavy atom. The highest BCUT2D eigenvalue weighted by molar-refractivity contribution is 5.41. The third-order valence-electron chi connectivity index (χ3n) is 3.33. The zero-order chi connectivity index (χ0) is 11.1. The fourth-order valence-electron chi connectivity index (χ4n) is 2.35. The first-order valence-corrected chi connectivity index (χ1v) is 5.38. The van der Waals surface area contributed by atoms with Crippen LogP contribution >= 0.6 is 0 Å². The van der Waals surface area contributed by atoms with Crippen molar-refractivity contribution in [1.82, 2.24) is 15.0 Å². The highest BCUT2D eigenvalue weighted by Gasteiger charge is 2.33. The van der Waals surface area contributed by atoms with E-state index in [-0.39, 0.29) is 5.92 Å². The van der Waals surface area contributed by atoms with Crippen molar-refractivity contribution in [3.8, 4) is 0 Å². The van der Waals surface area contributed by atoms with Crippen molar-refractivity contribution >= 4 is 0 Å². The zero-order valence-electron chi connectivity index (χ0n) is 9.04. The fourth-order valence-corrected chi connectivity index (χ4v) is 2.35. The minimum atomic E-state index is -0.505. The van der Waals surface area contributed by atoms with Gasteiger partial charge in [0.25, 0.3) is 0 Å². The van der Waals surface area contributed by atoms with E-state index in [1.54, 1.807) is 17.9 Å². The molecule has 1 aliphatic rings. The molecule has 16 heavy (non-hydrogen) atoms. The molecule has 4 heteroatoms. The predicted molar refractivity (Wildman–Crippen MR) is 58.8 cm³/mol. The van der Waals surface area contributed by atoms with Crippen LogP contribution in [0.3, 0.4) is 0 Å². The number of rotatable bonds is 2. The van der Waals surface area contributed by atoms with E-state index in [4.69, 9.17) is 0 Å². The van der Waals surface area contributed by atoms with Crippen LogP contribution in [0.1, 0.15) is 28.8 Å². The summed E-state index contributed by atoms with van der Waals surface area (Å²) in [4.78, 5) is 0. The van der Waals surface area contributed by atoms with Crippen molar-refractivity contribution in [3.05, 3.63) is 47.3 Å². The van der Waals surface area contributed by atoms with Crippen molar-refractivity contribution in [2.24, 2.45) is 7.05 Å². The van der Waals surface area contributed by atoms with Crippen LogP contribution in [0.25, 0.3) is 0 Å². The second-order valence-corrected chi connectivity index (χ2v) is 4.24. The van der Waals surface area contributed by atoms with E-state index in [2.05, 4.69) is 22.4 Å². The second-order valence-electron chi connectivity index (χ2n) is 4.24. The SMILES string of the molecule is Cn1nncc1C(O)C1Cc2ccccc21. The lowest BCUT2D eigenvalue weighted by atomic mass is 9.74. The lowest BCUT2D eigenvalue weighted by Gasteiger charge is -2.33. The quantitative estimate of drug-likeness (QED) is 0.818. The summed E-state index contributed by atoms with van der Waals surface area (Å²) in [7, 11) is 1.80. The van der Waals surface area contributed by atoms with Gasteiger partial charge >= 0.3 is 0 Å². The van der Waals surface area contributed by atoms with Gasteiger partial charge in [-0.25, -0.2) is 4.68 Å². The summed E-state index contributed by atoms with van der Waals surface area (Å²) in [5.74, 6) is 0.188. The third kappa shape index (κ3) is 1.27. The summed E-state index contributed by atoms with van der Waals surface area (Å²) in [5.41, 5.74) is 3.36.